The zero-order chi connectivity index (χ0) is 9.64. The van der Waals surface area contributed by atoms with Crippen molar-refractivity contribution in [1.82, 2.24) is 5.32 Å². The van der Waals surface area contributed by atoms with Gasteiger partial charge in [0, 0.05) is 12.5 Å². The molecule has 6 heteroatoms. The molecule has 2 aliphatic heterocycles. The predicted molar refractivity (Wildman–Crippen MR) is 45.1 cm³/mol. The van der Waals surface area contributed by atoms with E-state index < -0.39 is 21.1 Å². The van der Waals surface area contributed by atoms with E-state index in [1.807, 2.05) is 0 Å². The van der Waals surface area contributed by atoms with Crippen molar-refractivity contribution in [2.45, 2.75) is 5.25 Å². The number of hydrogen-bond donors (Lipinski definition) is 2. The van der Waals surface area contributed by atoms with Crippen LogP contribution >= 0.6 is 0 Å². The van der Waals surface area contributed by atoms with Crippen molar-refractivity contribution in [3.8, 4) is 0 Å². The van der Waals surface area contributed by atoms with Crippen molar-refractivity contribution in [2.24, 2.45) is 11.8 Å². The highest BCUT2D eigenvalue weighted by Crippen LogP contribution is 2.34. The van der Waals surface area contributed by atoms with Crippen molar-refractivity contribution < 1.29 is 18.3 Å². The summed E-state index contributed by atoms with van der Waals surface area (Å²) in [6.07, 6.45) is 0. The Labute approximate surface area is 76.0 Å². The van der Waals surface area contributed by atoms with E-state index in [2.05, 4.69) is 5.32 Å². The molecule has 2 fully saturated rings. The molecule has 2 N–H and O–H groups in total. The van der Waals surface area contributed by atoms with Gasteiger partial charge in [-0.2, -0.15) is 0 Å². The van der Waals surface area contributed by atoms with E-state index in [4.69, 9.17) is 5.11 Å². The average Bonchev–Trinajstić information content (AvgIpc) is 2.41. The Kier molecular flexibility index (Phi) is 1.85. The molecule has 0 saturated carbocycles. The lowest BCUT2D eigenvalue weighted by Crippen LogP contribution is -2.34. The molecule has 0 radical (unpaired) electrons. The zero-order valence-corrected chi connectivity index (χ0v) is 7.75. The Morgan fingerprint density at radius 1 is 1.38 bits per heavy atom. The summed E-state index contributed by atoms with van der Waals surface area (Å²) in [5.74, 6) is -1.38. The van der Waals surface area contributed by atoms with Crippen LogP contribution in [0, 0.1) is 11.8 Å². The molecule has 74 valence electrons. The first kappa shape index (κ1) is 8.96. The lowest BCUT2D eigenvalue weighted by atomic mass is 9.95. The third-order valence-corrected chi connectivity index (χ3v) is 5.08. The van der Waals surface area contributed by atoms with Gasteiger partial charge in [0.15, 0.2) is 15.1 Å². The van der Waals surface area contributed by atoms with Gasteiger partial charge >= 0.3 is 5.97 Å². The number of hydrogen-bond acceptors (Lipinski definition) is 4. The van der Waals surface area contributed by atoms with Gasteiger partial charge < -0.3 is 10.4 Å². The van der Waals surface area contributed by atoms with E-state index in [0.29, 0.717) is 13.1 Å². The maximum Gasteiger partial charge on any atom is 0.322 e. The van der Waals surface area contributed by atoms with Gasteiger partial charge in [0.2, 0.25) is 0 Å². The third-order valence-electron chi connectivity index (χ3n) is 2.86. The van der Waals surface area contributed by atoms with Gasteiger partial charge in [-0.3, -0.25) is 4.79 Å². The molecule has 2 aliphatic rings. The Morgan fingerprint density at radius 3 is 2.69 bits per heavy atom. The smallest absolute Gasteiger partial charge is 0.322 e. The van der Waals surface area contributed by atoms with Gasteiger partial charge in [-0.05, 0) is 12.5 Å². The van der Waals surface area contributed by atoms with Crippen LogP contribution in [0.1, 0.15) is 0 Å². The molecule has 0 bridgehead atoms. The summed E-state index contributed by atoms with van der Waals surface area (Å²) in [6.45, 7) is 1.15. The number of nitrogens with one attached hydrogen (secondary N) is 1. The van der Waals surface area contributed by atoms with Crippen LogP contribution in [0.3, 0.4) is 0 Å². The molecule has 5 nitrogen and oxygen atoms in total. The van der Waals surface area contributed by atoms with Gasteiger partial charge in [0.05, 0.1) is 5.75 Å². The summed E-state index contributed by atoms with van der Waals surface area (Å²) in [6, 6.07) is 0. The third kappa shape index (κ3) is 1.24. The molecule has 0 aromatic heterocycles. The predicted octanol–water partition coefficient (Wildman–Crippen LogP) is -1.30. The molecule has 2 heterocycles. The van der Waals surface area contributed by atoms with Crippen LogP contribution in [0.15, 0.2) is 0 Å². The topological polar surface area (TPSA) is 83.5 Å². The lowest BCUT2D eigenvalue weighted by molar-refractivity contribution is -0.137. The van der Waals surface area contributed by atoms with Crippen LogP contribution in [0.25, 0.3) is 0 Å². The largest absolute Gasteiger partial charge is 0.480 e. The van der Waals surface area contributed by atoms with E-state index in [9.17, 15) is 13.2 Å². The summed E-state index contributed by atoms with van der Waals surface area (Å²) in [4.78, 5) is 10.8. The zero-order valence-electron chi connectivity index (χ0n) is 6.93. The molecule has 0 spiro atoms. The molecule has 3 unspecified atom stereocenters. The van der Waals surface area contributed by atoms with Crippen molar-refractivity contribution >= 4 is 15.8 Å². The average molecular weight is 205 g/mol. The minimum Gasteiger partial charge on any atom is -0.480 e. The summed E-state index contributed by atoms with van der Waals surface area (Å²) in [5.41, 5.74) is 0. The first-order valence-electron chi connectivity index (χ1n) is 4.17. The molecule has 3 atom stereocenters. The van der Waals surface area contributed by atoms with Crippen molar-refractivity contribution in [2.75, 3.05) is 18.8 Å². The van der Waals surface area contributed by atoms with Crippen LogP contribution in [0.4, 0.5) is 0 Å². The SMILES string of the molecule is O=C(O)C1C2CNCC2CS1(=O)=O. The van der Waals surface area contributed by atoms with E-state index in [0.717, 1.165) is 0 Å². The second-order valence-electron chi connectivity index (χ2n) is 3.67. The van der Waals surface area contributed by atoms with Gasteiger partial charge in [-0.25, -0.2) is 8.42 Å². The highest BCUT2D eigenvalue weighted by molar-refractivity contribution is 7.93. The Balaban J connectivity index is 2.36. The van der Waals surface area contributed by atoms with E-state index in [1.165, 1.54) is 0 Å². The molecule has 0 aromatic rings. The maximum absolute atomic E-state index is 11.4. The van der Waals surface area contributed by atoms with Crippen LogP contribution in [0.5, 0.6) is 0 Å². The van der Waals surface area contributed by atoms with Crippen molar-refractivity contribution in [1.29, 1.82) is 0 Å². The Hall–Kier alpha value is -0.620. The fourth-order valence-electron chi connectivity index (χ4n) is 2.30. The van der Waals surface area contributed by atoms with Crippen LogP contribution in [0.2, 0.25) is 0 Å². The number of fused-ring (bicyclic) bond motifs is 1. The van der Waals surface area contributed by atoms with E-state index in [-0.39, 0.29) is 17.6 Å². The van der Waals surface area contributed by atoms with Crippen LogP contribution in [-0.4, -0.2) is 43.6 Å². The number of carboxylic acids is 1. The van der Waals surface area contributed by atoms with Gasteiger partial charge in [0.1, 0.15) is 0 Å². The molecule has 0 aliphatic carbocycles. The second-order valence-corrected chi connectivity index (χ2v) is 5.84. The van der Waals surface area contributed by atoms with E-state index >= 15 is 0 Å². The monoisotopic (exact) mass is 205 g/mol. The molecule has 2 rings (SSSR count). The normalized spacial score (nSPS) is 41.7. The minimum absolute atomic E-state index is 0.00565. The summed E-state index contributed by atoms with van der Waals surface area (Å²) < 4.78 is 22.8. The first-order valence-corrected chi connectivity index (χ1v) is 5.89. The molecule has 0 amide bonds. The lowest BCUT2D eigenvalue weighted by Gasteiger charge is -2.10. The van der Waals surface area contributed by atoms with Gasteiger partial charge in [-0.15, -0.1) is 0 Å². The van der Waals surface area contributed by atoms with Crippen molar-refractivity contribution in [3.63, 3.8) is 0 Å². The molecular formula is C7H11NO4S. The summed E-state index contributed by atoms with van der Waals surface area (Å²) in [7, 11) is -3.39. The van der Waals surface area contributed by atoms with Crippen LogP contribution in [-0.2, 0) is 14.6 Å². The molecular weight excluding hydrogens is 194 g/mol. The van der Waals surface area contributed by atoms with Gasteiger partial charge in [0.25, 0.3) is 0 Å². The highest BCUT2D eigenvalue weighted by atomic mass is 32.2. The van der Waals surface area contributed by atoms with Crippen LogP contribution < -0.4 is 5.32 Å². The second kappa shape index (κ2) is 2.68. The maximum atomic E-state index is 11.4. The summed E-state index contributed by atoms with van der Waals surface area (Å²) in [5, 5.41) is 10.6. The number of sulfone groups is 1. The standard InChI is InChI=1S/C7H11NO4S/c9-7(10)6-5-2-8-1-4(5)3-13(6,11)12/h4-6,8H,1-3H2,(H,9,10). The summed E-state index contributed by atoms with van der Waals surface area (Å²) >= 11 is 0. The fraction of sp³-hybridized carbons (Fsp3) is 0.857. The van der Waals surface area contributed by atoms with Crippen molar-refractivity contribution in [3.05, 3.63) is 0 Å². The number of carboxylic acid groups (broad SMARTS) is 1. The molecule has 0 aromatic carbocycles. The van der Waals surface area contributed by atoms with Gasteiger partial charge in [-0.1, -0.05) is 0 Å². The molecule has 2 saturated heterocycles. The first-order chi connectivity index (χ1) is 6.02. The highest BCUT2D eigenvalue weighted by Gasteiger charge is 2.52. The number of rotatable bonds is 1. The fourth-order valence-corrected chi connectivity index (χ4v) is 4.62. The quantitative estimate of drug-likeness (QED) is 0.556. The number of aliphatic carboxylic acids is 1. The minimum atomic E-state index is -3.39. The van der Waals surface area contributed by atoms with E-state index in [1.54, 1.807) is 0 Å². The number of carbonyl (C=O) groups is 1. The Morgan fingerprint density at radius 2 is 2.08 bits per heavy atom. The molecule has 13 heavy (non-hydrogen) atoms. The Bertz CT molecular complexity index is 336.